The van der Waals surface area contributed by atoms with E-state index in [2.05, 4.69) is 5.32 Å². The van der Waals surface area contributed by atoms with Crippen molar-refractivity contribution in [2.45, 2.75) is 63.1 Å². The summed E-state index contributed by atoms with van der Waals surface area (Å²) in [5.74, 6) is 2.11. The van der Waals surface area contributed by atoms with Gasteiger partial charge < -0.3 is 10.4 Å². The molecule has 2 nitrogen and oxygen atoms in total. The fraction of sp³-hybridized carbons (Fsp3) is 1.00. The third kappa shape index (κ3) is 1.70. The monoisotopic (exact) mass is 195 g/mol. The zero-order valence-electron chi connectivity index (χ0n) is 8.78. The van der Waals surface area contributed by atoms with Gasteiger partial charge in [0, 0.05) is 12.1 Å². The molecule has 0 saturated heterocycles. The molecular weight excluding hydrogens is 174 g/mol. The van der Waals surface area contributed by atoms with Crippen LogP contribution in [0.1, 0.15) is 44.9 Å². The van der Waals surface area contributed by atoms with Crippen LogP contribution in [0.25, 0.3) is 0 Å². The summed E-state index contributed by atoms with van der Waals surface area (Å²) in [5.41, 5.74) is 0. The van der Waals surface area contributed by atoms with Crippen LogP contribution in [0.4, 0.5) is 0 Å². The Morgan fingerprint density at radius 1 is 0.929 bits per heavy atom. The highest BCUT2D eigenvalue weighted by Gasteiger charge is 2.48. The van der Waals surface area contributed by atoms with Gasteiger partial charge in [-0.25, -0.2) is 0 Å². The van der Waals surface area contributed by atoms with E-state index in [1.165, 1.54) is 32.1 Å². The Morgan fingerprint density at radius 2 is 1.71 bits per heavy atom. The van der Waals surface area contributed by atoms with Crippen LogP contribution < -0.4 is 5.32 Å². The molecule has 14 heavy (non-hydrogen) atoms. The van der Waals surface area contributed by atoms with Gasteiger partial charge in [-0.2, -0.15) is 0 Å². The number of hydrogen-bond acceptors (Lipinski definition) is 2. The molecule has 0 aliphatic heterocycles. The van der Waals surface area contributed by atoms with Gasteiger partial charge in [0.15, 0.2) is 0 Å². The van der Waals surface area contributed by atoms with E-state index in [0.29, 0.717) is 6.04 Å². The van der Waals surface area contributed by atoms with Crippen molar-refractivity contribution in [3.63, 3.8) is 0 Å². The Balaban J connectivity index is 1.48. The fourth-order valence-corrected chi connectivity index (χ4v) is 3.46. The van der Waals surface area contributed by atoms with Crippen molar-refractivity contribution < 1.29 is 5.11 Å². The van der Waals surface area contributed by atoms with Crippen LogP contribution in [0.5, 0.6) is 0 Å². The lowest BCUT2D eigenvalue weighted by molar-refractivity contribution is 0.113. The molecule has 0 spiro atoms. The van der Waals surface area contributed by atoms with E-state index in [1.54, 1.807) is 0 Å². The molecule has 0 aromatic heterocycles. The molecule has 3 atom stereocenters. The number of hydrogen-bond donors (Lipinski definition) is 2. The van der Waals surface area contributed by atoms with Crippen LogP contribution in [-0.2, 0) is 0 Å². The summed E-state index contributed by atoms with van der Waals surface area (Å²) in [6, 6.07) is 1.54. The van der Waals surface area contributed by atoms with E-state index in [0.717, 1.165) is 30.7 Å². The molecule has 1 unspecified atom stereocenters. The zero-order chi connectivity index (χ0) is 9.54. The third-order valence-corrected chi connectivity index (χ3v) is 4.49. The summed E-state index contributed by atoms with van der Waals surface area (Å²) in [7, 11) is 0. The molecule has 0 aromatic rings. The fourth-order valence-electron chi connectivity index (χ4n) is 3.46. The Labute approximate surface area is 86.1 Å². The van der Waals surface area contributed by atoms with Crippen molar-refractivity contribution >= 4 is 0 Å². The predicted octanol–water partition coefficient (Wildman–Crippen LogP) is 1.68. The second-order valence-corrected chi connectivity index (χ2v) is 5.52. The van der Waals surface area contributed by atoms with Gasteiger partial charge in [0.1, 0.15) is 0 Å². The Bertz CT molecular complexity index is 210. The van der Waals surface area contributed by atoms with E-state index >= 15 is 0 Å². The van der Waals surface area contributed by atoms with Gasteiger partial charge in [-0.1, -0.05) is 0 Å². The molecule has 2 heteroatoms. The highest BCUT2D eigenvalue weighted by Crippen LogP contribution is 2.52. The van der Waals surface area contributed by atoms with E-state index < -0.39 is 0 Å². The van der Waals surface area contributed by atoms with Crippen molar-refractivity contribution in [2.75, 3.05) is 0 Å². The van der Waals surface area contributed by atoms with Crippen LogP contribution in [0.15, 0.2) is 0 Å². The first kappa shape index (κ1) is 9.17. The van der Waals surface area contributed by atoms with Gasteiger partial charge in [0.05, 0.1) is 6.10 Å². The maximum Gasteiger partial charge on any atom is 0.0541 e. The van der Waals surface area contributed by atoms with Crippen LogP contribution in [0.2, 0.25) is 0 Å². The summed E-state index contributed by atoms with van der Waals surface area (Å²) in [5, 5.41) is 13.2. The quantitative estimate of drug-likeness (QED) is 0.702. The van der Waals surface area contributed by atoms with Crippen molar-refractivity contribution in [3.8, 4) is 0 Å². The molecule has 3 fully saturated rings. The normalized spacial score (nSPS) is 51.6. The number of rotatable bonds is 2. The van der Waals surface area contributed by atoms with Gasteiger partial charge in [0.2, 0.25) is 0 Å². The second kappa shape index (κ2) is 3.49. The standard InChI is InChI=1S/C12H21NO/c14-10-4-2-9(3-5-10)13-12-6-1-8-7-11(8)12/h8-14H,1-7H2/t8-,9?,10?,11+,12?/m1/s1. The molecule has 3 rings (SSSR count). The lowest BCUT2D eigenvalue weighted by Crippen LogP contribution is -2.41. The van der Waals surface area contributed by atoms with E-state index in [-0.39, 0.29) is 6.10 Å². The van der Waals surface area contributed by atoms with Crippen LogP contribution >= 0.6 is 0 Å². The second-order valence-electron chi connectivity index (χ2n) is 5.52. The smallest absolute Gasteiger partial charge is 0.0541 e. The van der Waals surface area contributed by atoms with Gasteiger partial charge in [-0.15, -0.1) is 0 Å². The molecule has 3 aliphatic rings. The van der Waals surface area contributed by atoms with Crippen LogP contribution in [0, 0.1) is 11.8 Å². The van der Waals surface area contributed by atoms with Crippen molar-refractivity contribution in [1.29, 1.82) is 0 Å². The van der Waals surface area contributed by atoms with E-state index in [4.69, 9.17) is 0 Å². The highest BCUT2D eigenvalue weighted by atomic mass is 16.3. The third-order valence-electron chi connectivity index (χ3n) is 4.49. The predicted molar refractivity (Wildman–Crippen MR) is 56.0 cm³/mol. The summed E-state index contributed by atoms with van der Waals surface area (Å²) in [4.78, 5) is 0. The zero-order valence-corrected chi connectivity index (χ0v) is 8.78. The first-order valence-electron chi connectivity index (χ1n) is 6.27. The number of nitrogens with one attached hydrogen (secondary N) is 1. The molecule has 2 N–H and O–H groups in total. The Hall–Kier alpha value is -0.0800. The van der Waals surface area contributed by atoms with E-state index in [1.807, 2.05) is 0 Å². The summed E-state index contributed by atoms with van der Waals surface area (Å²) in [6.45, 7) is 0. The van der Waals surface area contributed by atoms with Crippen molar-refractivity contribution in [3.05, 3.63) is 0 Å². The average molecular weight is 195 g/mol. The number of aliphatic hydroxyl groups excluding tert-OH is 1. The molecular formula is C12H21NO. The average Bonchev–Trinajstić information content (AvgIpc) is 2.88. The Morgan fingerprint density at radius 3 is 2.29 bits per heavy atom. The maximum atomic E-state index is 9.42. The Kier molecular flexibility index (Phi) is 2.29. The van der Waals surface area contributed by atoms with Crippen LogP contribution in [-0.4, -0.2) is 23.3 Å². The minimum absolute atomic E-state index is 0.00898. The molecule has 0 amide bonds. The first-order chi connectivity index (χ1) is 6.83. The first-order valence-corrected chi connectivity index (χ1v) is 6.27. The topological polar surface area (TPSA) is 32.3 Å². The maximum absolute atomic E-state index is 9.42. The summed E-state index contributed by atoms with van der Waals surface area (Å²) < 4.78 is 0. The number of aliphatic hydroxyl groups is 1. The molecule has 0 aromatic carbocycles. The van der Waals surface area contributed by atoms with Gasteiger partial charge >= 0.3 is 0 Å². The highest BCUT2D eigenvalue weighted by molar-refractivity contribution is 5.02. The summed E-state index contributed by atoms with van der Waals surface area (Å²) >= 11 is 0. The lowest BCUT2D eigenvalue weighted by atomic mass is 9.92. The largest absolute Gasteiger partial charge is 0.393 e. The van der Waals surface area contributed by atoms with Crippen molar-refractivity contribution in [1.82, 2.24) is 5.32 Å². The summed E-state index contributed by atoms with van der Waals surface area (Å²) in [6.07, 6.45) is 8.77. The molecule has 80 valence electrons. The minimum atomic E-state index is -0.00898. The molecule has 3 saturated carbocycles. The van der Waals surface area contributed by atoms with E-state index in [9.17, 15) is 5.11 Å². The van der Waals surface area contributed by atoms with Crippen LogP contribution in [0.3, 0.4) is 0 Å². The van der Waals surface area contributed by atoms with Gasteiger partial charge in [0.25, 0.3) is 0 Å². The molecule has 0 radical (unpaired) electrons. The SMILES string of the molecule is OC1CCC(NC2CC[C@@H]3C[C@H]23)CC1. The lowest BCUT2D eigenvalue weighted by Gasteiger charge is -2.29. The molecule has 0 heterocycles. The van der Waals surface area contributed by atoms with Gasteiger partial charge in [-0.3, -0.25) is 0 Å². The van der Waals surface area contributed by atoms with Gasteiger partial charge in [-0.05, 0) is 56.8 Å². The molecule has 0 bridgehead atoms. The molecule has 3 aliphatic carbocycles. The van der Waals surface area contributed by atoms with Crippen molar-refractivity contribution in [2.24, 2.45) is 11.8 Å². The number of fused-ring (bicyclic) bond motifs is 1. The minimum Gasteiger partial charge on any atom is -0.393 e.